The number of nitrogens with zero attached hydrogens (tertiary/aromatic N) is 3. The van der Waals surface area contributed by atoms with Crippen molar-refractivity contribution < 1.29 is 14.6 Å². The van der Waals surface area contributed by atoms with E-state index in [0.29, 0.717) is 18.2 Å². The molecule has 1 aromatic heterocycles. The van der Waals surface area contributed by atoms with Crippen LogP contribution >= 0.6 is 0 Å². The van der Waals surface area contributed by atoms with Crippen molar-refractivity contribution in [1.82, 2.24) is 20.1 Å². The summed E-state index contributed by atoms with van der Waals surface area (Å²) in [7, 11) is 0. The van der Waals surface area contributed by atoms with Gasteiger partial charge >= 0.3 is 0 Å². The minimum Gasteiger partial charge on any atom is -0.486 e. The third kappa shape index (κ3) is 5.56. The molecular weight excluding hydrogens is 320 g/mol. The van der Waals surface area contributed by atoms with E-state index in [1.165, 1.54) is 12.5 Å². The molecule has 0 fully saturated rings. The third-order valence-corrected chi connectivity index (χ3v) is 3.69. The van der Waals surface area contributed by atoms with E-state index in [1.54, 1.807) is 4.68 Å². The van der Waals surface area contributed by atoms with E-state index in [9.17, 15) is 4.79 Å². The lowest BCUT2D eigenvalue weighted by Gasteiger charge is -2.19. The predicted octanol–water partition coefficient (Wildman–Crippen LogP) is 1.78. The quantitative estimate of drug-likeness (QED) is 0.798. The van der Waals surface area contributed by atoms with Gasteiger partial charge in [-0.3, -0.25) is 4.79 Å². The van der Waals surface area contributed by atoms with Gasteiger partial charge in [0.15, 0.2) is 5.82 Å². The maximum Gasteiger partial charge on any atom is 0.217 e. The van der Waals surface area contributed by atoms with Crippen molar-refractivity contribution in [3.8, 4) is 5.75 Å². The molecule has 0 bridgehead atoms. The largest absolute Gasteiger partial charge is 0.486 e. The Balaban J connectivity index is 2.02. The summed E-state index contributed by atoms with van der Waals surface area (Å²) in [5.41, 5.74) is 1.34. The average Bonchev–Trinajstić information content (AvgIpc) is 2.93. The van der Waals surface area contributed by atoms with Crippen LogP contribution in [0.15, 0.2) is 24.3 Å². The highest BCUT2D eigenvalue weighted by molar-refractivity contribution is 5.72. The number of carbonyl (C=O) groups excluding carboxylic acids is 1. The minimum atomic E-state index is -0.143. The topological polar surface area (TPSA) is 89.3 Å². The molecule has 0 aliphatic rings. The van der Waals surface area contributed by atoms with Crippen molar-refractivity contribution in [3.63, 3.8) is 0 Å². The Bertz CT molecular complexity index is 702. The maximum absolute atomic E-state index is 11.1. The summed E-state index contributed by atoms with van der Waals surface area (Å²) in [6, 6.07) is 7.97. The number of hydrogen-bond acceptors (Lipinski definition) is 5. The molecule has 2 N–H and O–H groups in total. The smallest absolute Gasteiger partial charge is 0.217 e. The van der Waals surface area contributed by atoms with Crippen LogP contribution < -0.4 is 10.1 Å². The zero-order chi connectivity index (χ0) is 18.4. The molecule has 2 rings (SSSR count). The van der Waals surface area contributed by atoms with Gasteiger partial charge in [0.05, 0.1) is 19.7 Å². The van der Waals surface area contributed by atoms with E-state index in [-0.39, 0.29) is 31.1 Å². The number of nitrogens with one attached hydrogen (secondary N) is 1. The molecule has 2 aromatic rings. The Morgan fingerprint density at radius 3 is 2.52 bits per heavy atom. The van der Waals surface area contributed by atoms with Gasteiger partial charge in [0, 0.05) is 6.92 Å². The summed E-state index contributed by atoms with van der Waals surface area (Å²) in [5.74, 6) is 1.70. The first-order chi connectivity index (χ1) is 11.8. The highest BCUT2D eigenvalue weighted by Gasteiger charge is 2.14. The first kappa shape index (κ1) is 18.9. The molecule has 1 amide bonds. The summed E-state index contributed by atoms with van der Waals surface area (Å²) in [4.78, 5) is 15.4. The van der Waals surface area contributed by atoms with E-state index in [0.717, 1.165) is 5.75 Å². The van der Waals surface area contributed by atoms with Crippen LogP contribution in [0.2, 0.25) is 0 Å². The number of ether oxygens (including phenoxy) is 1. The fourth-order valence-corrected chi connectivity index (χ4v) is 2.29. The first-order valence-corrected chi connectivity index (χ1v) is 8.31. The summed E-state index contributed by atoms with van der Waals surface area (Å²) in [6.45, 7) is 8.69. The number of carbonyl (C=O) groups is 1. The SMILES string of the molecule is CC(=O)NCc1nc(COc2ccc(C(C)(C)C)cc2)nn1CCO. The van der Waals surface area contributed by atoms with Gasteiger partial charge in [-0.05, 0) is 23.1 Å². The van der Waals surface area contributed by atoms with Crippen LogP contribution in [0.5, 0.6) is 5.75 Å². The second-order valence-corrected chi connectivity index (χ2v) is 6.86. The summed E-state index contributed by atoms with van der Waals surface area (Å²) < 4.78 is 7.32. The van der Waals surface area contributed by atoms with Crippen molar-refractivity contribution in [3.05, 3.63) is 41.5 Å². The molecule has 25 heavy (non-hydrogen) atoms. The number of aliphatic hydroxyl groups is 1. The number of amides is 1. The molecule has 136 valence electrons. The molecule has 0 atom stereocenters. The third-order valence-electron chi connectivity index (χ3n) is 3.69. The lowest BCUT2D eigenvalue weighted by Crippen LogP contribution is -2.22. The Hall–Kier alpha value is -2.41. The molecule has 0 saturated heterocycles. The highest BCUT2D eigenvalue weighted by atomic mass is 16.5. The average molecular weight is 346 g/mol. The van der Waals surface area contributed by atoms with Crippen molar-refractivity contribution in [1.29, 1.82) is 0 Å². The fraction of sp³-hybridized carbons (Fsp3) is 0.500. The van der Waals surface area contributed by atoms with Gasteiger partial charge in [-0.2, -0.15) is 5.10 Å². The molecule has 0 unspecified atom stereocenters. The standard InChI is InChI=1S/C18H26N4O3/c1-13(24)19-11-17-20-16(21-22(17)9-10-23)12-25-15-7-5-14(6-8-15)18(2,3)4/h5-8,23H,9-12H2,1-4H3,(H,19,24). The van der Waals surface area contributed by atoms with Crippen LogP contribution in [-0.4, -0.2) is 32.4 Å². The Morgan fingerprint density at radius 2 is 1.96 bits per heavy atom. The summed E-state index contributed by atoms with van der Waals surface area (Å²) >= 11 is 0. The highest BCUT2D eigenvalue weighted by Crippen LogP contribution is 2.24. The Morgan fingerprint density at radius 1 is 1.28 bits per heavy atom. The van der Waals surface area contributed by atoms with Gasteiger partial charge in [-0.1, -0.05) is 32.9 Å². The first-order valence-electron chi connectivity index (χ1n) is 8.31. The van der Waals surface area contributed by atoms with Gasteiger partial charge in [-0.15, -0.1) is 0 Å². The minimum absolute atomic E-state index is 0.0506. The Labute approximate surface area is 148 Å². The normalized spacial score (nSPS) is 11.4. The molecular formula is C18H26N4O3. The number of aromatic nitrogens is 3. The molecule has 1 aromatic carbocycles. The van der Waals surface area contributed by atoms with E-state index >= 15 is 0 Å². The van der Waals surface area contributed by atoms with E-state index in [2.05, 4.69) is 48.3 Å². The second-order valence-electron chi connectivity index (χ2n) is 6.86. The summed E-state index contributed by atoms with van der Waals surface area (Å²) in [6.07, 6.45) is 0. The predicted molar refractivity (Wildman–Crippen MR) is 94.1 cm³/mol. The van der Waals surface area contributed by atoms with Crippen LogP contribution in [-0.2, 0) is 29.9 Å². The molecule has 0 saturated carbocycles. The molecule has 1 heterocycles. The number of benzene rings is 1. The van der Waals surface area contributed by atoms with Crippen LogP contribution in [0, 0.1) is 0 Å². The maximum atomic E-state index is 11.1. The monoisotopic (exact) mass is 346 g/mol. The zero-order valence-electron chi connectivity index (χ0n) is 15.2. The van der Waals surface area contributed by atoms with Crippen LogP contribution in [0.1, 0.15) is 44.9 Å². The molecule has 7 nitrogen and oxygen atoms in total. The van der Waals surface area contributed by atoms with E-state index in [4.69, 9.17) is 9.84 Å². The molecule has 0 spiro atoms. The zero-order valence-corrected chi connectivity index (χ0v) is 15.2. The number of aliphatic hydroxyl groups excluding tert-OH is 1. The Kier molecular flexibility index (Phi) is 6.14. The molecule has 0 aliphatic carbocycles. The van der Waals surface area contributed by atoms with Crippen molar-refractivity contribution in [2.24, 2.45) is 0 Å². The van der Waals surface area contributed by atoms with Crippen molar-refractivity contribution in [2.75, 3.05) is 6.61 Å². The van der Waals surface area contributed by atoms with Crippen LogP contribution in [0.25, 0.3) is 0 Å². The van der Waals surface area contributed by atoms with Gasteiger partial charge in [-0.25, -0.2) is 9.67 Å². The lowest BCUT2D eigenvalue weighted by atomic mass is 9.87. The summed E-state index contributed by atoms with van der Waals surface area (Å²) in [5, 5.41) is 16.1. The van der Waals surface area contributed by atoms with E-state index in [1.807, 2.05) is 12.1 Å². The van der Waals surface area contributed by atoms with Crippen LogP contribution in [0.4, 0.5) is 0 Å². The molecule has 0 aliphatic heterocycles. The number of hydrogen-bond donors (Lipinski definition) is 2. The van der Waals surface area contributed by atoms with Gasteiger partial charge in [0.25, 0.3) is 0 Å². The number of rotatable bonds is 7. The van der Waals surface area contributed by atoms with Gasteiger partial charge in [0.2, 0.25) is 5.91 Å². The molecule has 0 radical (unpaired) electrons. The second kappa shape index (κ2) is 8.11. The van der Waals surface area contributed by atoms with E-state index < -0.39 is 0 Å². The fourth-order valence-electron chi connectivity index (χ4n) is 2.29. The van der Waals surface area contributed by atoms with Crippen LogP contribution in [0.3, 0.4) is 0 Å². The van der Waals surface area contributed by atoms with Gasteiger partial charge < -0.3 is 15.2 Å². The lowest BCUT2D eigenvalue weighted by molar-refractivity contribution is -0.119. The molecule has 7 heteroatoms. The van der Waals surface area contributed by atoms with Gasteiger partial charge in [0.1, 0.15) is 18.2 Å². The van der Waals surface area contributed by atoms with Crippen molar-refractivity contribution in [2.45, 2.75) is 52.8 Å². The van der Waals surface area contributed by atoms with Crippen molar-refractivity contribution >= 4 is 5.91 Å².